The van der Waals surface area contributed by atoms with Crippen LogP contribution in [-0.4, -0.2) is 70.7 Å². The van der Waals surface area contributed by atoms with E-state index in [1.54, 1.807) is 4.90 Å². The minimum absolute atomic E-state index is 0.0912. The number of ether oxygens (including phenoxy) is 1. The highest BCUT2D eigenvalue weighted by molar-refractivity contribution is 6.05. The summed E-state index contributed by atoms with van der Waals surface area (Å²) in [4.78, 5) is 57.6. The van der Waals surface area contributed by atoms with E-state index in [0.717, 1.165) is 68.0 Å². The molecule has 0 aromatic heterocycles. The maximum Gasteiger partial charge on any atom is 0.255 e. The van der Waals surface area contributed by atoms with Gasteiger partial charge in [0.25, 0.3) is 11.8 Å². The Labute approximate surface area is 323 Å². The zero-order chi connectivity index (χ0) is 38.8. The molecule has 11 nitrogen and oxygen atoms in total. The highest BCUT2D eigenvalue weighted by Gasteiger charge is 2.64. The summed E-state index contributed by atoms with van der Waals surface area (Å²) in [6.07, 6.45) is 3.30. The Bertz CT molecular complexity index is 2100. The first-order chi connectivity index (χ1) is 26.3. The molecule has 8 rings (SSSR count). The van der Waals surface area contributed by atoms with E-state index < -0.39 is 6.04 Å². The second-order valence-electron chi connectivity index (χ2n) is 17.2. The first-order valence-corrected chi connectivity index (χ1v) is 19.7. The number of piperidine rings is 2. The summed E-state index contributed by atoms with van der Waals surface area (Å²) in [6.45, 7) is 14.5. The number of nitrogens with one attached hydrogen (secondary N) is 2. The summed E-state index contributed by atoms with van der Waals surface area (Å²) in [5, 5.41) is 15.1. The molecular formula is C44H50N6O5. The van der Waals surface area contributed by atoms with Gasteiger partial charge in [0.15, 0.2) is 0 Å². The van der Waals surface area contributed by atoms with Crippen molar-refractivity contribution in [1.29, 1.82) is 5.26 Å². The number of hydrogen-bond acceptors (Lipinski definition) is 8. The van der Waals surface area contributed by atoms with E-state index in [0.29, 0.717) is 35.7 Å². The maximum absolute atomic E-state index is 13.6. The van der Waals surface area contributed by atoms with Gasteiger partial charge in [-0.1, -0.05) is 40.7 Å². The third-order valence-corrected chi connectivity index (χ3v) is 13.0. The fraction of sp³-hybridized carbons (Fsp3) is 0.477. The van der Waals surface area contributed by atoms with Crippen LogP contribution in [0.25, 0.3) is 0 Å². The lowest BCUT2D eigenvalue weighted by molar-refractivity contribution is -0.164. The van der Waals surface area contributed by atoms with Gasteiger partial charge < -0.3 is 19.9 Å². The molecule has 2 N–H and O–H groups in total. The van der Waals surface area contributed by atoms with E-state index in [-0.39, 0.29) is 53.0 Å². The van der Waals surface area contributed by atoms with Gasteiger partial charge in [-0.15, -0.1) is 0 Å². The molecule has 1 aliphatic carbocycles. The topological polar surface area (TPSA) is 135 Å². The molecule has 55 heavy (non-hydrogen) atoms. The lowest BCUT2D eigenvalue weighted by atomic mass is 9.49. The van der Waals surface area contributed by atoms with Gasteiger partial charge in [0.2, 0.25) is 11.8 Å². The molecule has 4 aliphatic heterocycles. The summed E-state index contributed by atoms with van der Waals surface area (Å²) in [7, 11) is 0. The number of fused-ring (bicyclic) bond motifs is 2. The molecule has 0 bridgehead atoms. The SMILES string of the molecule is CCc1cc(OC2C(C)(C)C(NC(=O)c3ccc(N4CCC(N5Cc6cc7c(cc6C5)C(=O)N(C5CCC(=O)NC5=O)C7)CC4)cc3)C2(C)C)ccc1C#N. The summed E-state index contributed by atoms with van der Waals surface area (Å²) in [6, 6.07) is 19.8. The van der Waals surface area contributed by atoms with Gasteiger partial charge in [0.05, 0.1) is 11.6 Å². The van der Waals surface area contributed by atoms with E-state index in [4.69, 9.17) is 4.74 Å². The van der Waals surface area contributed by atoms with Crippen molar-refractivity contribution in [2.24, 2.45) is 10.8 Å². The number of nitriles is 1. The molecule has 1 unspecified atom stereocenters. The number of imide groups is 1. The summed E-state index contributed by atoms with van der Waals surface area (Å²) >= 11 is 0. The predicted molar refractivity (Wildman–Crippen MR) is 207 cm³/mol. The molecule has 11 heteroatoms. The van der Waals surface area contributed by atoms with Gasteiger partial charge in [-0.05, 0) is 96.5 Å². The van der Waals surface area contributed by atoms with Gasteiger partial charge in [0.1, 0.15) is 17.9 Å². The normalized spacial score (nSPS) is 24.4. The van der Waals surface area contributed by atoms with Crippen LogP contribution in [0.15, 0.2) is 54.6 Å². The van der Waals surface area contributed by atoms with Crippen LogP contribution in [0.2, 0.25) is 0 Å². The van der Waals surface area contributed by atoms with Crippen LogP contribution in [0.5, 0.6) is 5.75 Å². The predicted octanol–water partition coefficient (Wildman–Crippen LogP) is 5.48. The number of amides is 4. The quantitative estimate of drug-likeness (QED) is 0.290. The number of aryl methyl sites for hydroxylation is 1. The van der Waals surface area contributed by atoms with Crippen LogP contribution >= 0.6 is 0 Å². The van der Waals surface area contributed by atoms with Gasteiger partial charge in [0, 0.05) is 78.9 Å². The summed E-state index contributed by atoms with van der Waals surface area (Å²) in [5.41, 5.74) is 6.85. The van der Waals surface area contributed by atoms with Gasteiger partial charge in [-0.2, -0.15) is 5.26 Å². The molecule has 3 aromatic rings. The minimum Gasteiger partial charge on any atom is -0.489 e. The summed E-state index contributed by atoms with van der Waals surface area (Å²) < 4.78 is 6.53. The molecule has 3 aromatic carbocycles. The van der Waals surface area contributed by atoms with Crippen molar-refractivity contribution in [2.45, 2.75) is 111 Å². The lowest BCUT2D eigenvalue weighted by Gasteiger charge is -2.63. The molecule has 0 radical (unpaired) electrons. The highest BCUT2D eigenvalue weighted by Crippen LogP contribution is 2.55. The smallest absolute Gasteiger partial charge is 0.255 e. The van der Waals surface area contributed by atoms with Crippen LogP contribution < -0.4 is 20.3 Å². The number of hydrogen-bond donors (Lipinski definition) is 2. The molecular weight excluding hydrogens is 693 g/mol. The standard InChI is InChI=1S/C44H50N6O5/c1-6-26-20-34(12-9-28(26)22-45)55-42-43(2,3)41(44(42,4)5)47-38(52)27-7-10-32(11-8-27)48-17-15-33(16-18-48)49-23-29-19-31-25-50(36-13-14-37(51)46-39(36)53)40(54)35(31)21-30(29)24-49/h7-12,19-21,33,36,41-42H,6,13-18,23-25H2,1-5H3,(H,47,52)(H,46,51,53). The van der Waals surface area contributed by atoms with Gasteiger partial charge >= 0.3 is 0 Å². The summed E-state index contributed by atoms with van der Waals surface area (Å²) in [5.74, 6) is -0.123. The molecule has 4 heterocycles. The Kier molecular flexibility index (Phi) is 9.24. The highest BCUT2D eigenvalue weighted by atomic mass is 16.5. The molecule has 1 atom stereocenters. The zero-order valence-corrected chi connectivity index (χ0v) is 32.4. The molecule has 3 fully saturated rings. The van der Waals surface area contributed by atoms with Crippen molar-refractivity contribution < 1.29 is 23.9 Å². The number of carbonyl (C=O) groups excluding carboxylic acids is 4. The van der Waals surface area contributed by atoms with E-state index in [1.807, 2.05) is 43.3 Å². The van der Waals surface area contributed by atoms with Crippen LogP contribution in [0.3, 0.4) is 0 Å². The Morgan fingerprint density at radius 3 is 2.25 bits per heavy atom. The van der Waals surface area contributed by atoms with Crippen molar-refractivity contribution in [2.75, 3.05) is 18.0 Å². The fourth-order valence-electron chi connectivity index (χ4n) is 10.3. The minimum atomic E-state index is -0.597. The maximum atomic E-state index is 13.6. The second-order valence-corrected chi connectivity index (χ2v) is 17.2. The van der Waals surface area contributed by atoms with Gasteiger partial charge in [-0.3, -0.25) is 29.4 Å². The number of carbonyl (C=O) groups is 4. The van der Waals surface area contributed by atoms with Crippen molar-refractivity contribution in [3.63, 3.8) is 0 Å². The first kappa shape index (κ1) is 36.8. The Morgan fingerprint density at radius 1 is 0.909 bits per heavy atom. The van der Waals surface area contributed by atoms with Crippen molar-refractivity contribution >= 4 is 29.3 Å². The second kappa shape index (κ2) is 13.8. The Morgan fingerprint density at radius 2 is 1.60 bits per heavy atom. The van der Waals surface area contributed by atoms with Crippen molar-refractivity contribution in [3.05, 3.63) is 93.5 Å². The Balaban J connectivity index is 0.836. The van der Waals surface area contributed by atoms with E-state index in [9.17, 15) is 24.4 Å². The molecule has 0 spiro atoms. The van der Waals surface area contributed by atoms with Crippen LogP contribution in [0.1, 0.15) is 109 Å². The zero-order valence-electron chi connectivity index (χ0n) is 32.4. The lowest BCUT2D eigenvalue weighted by Crippen LogP contribution is -2.74. The number of anilines is 1. The van der Waals surface area contributed by atoms with Crippen molar-refractivity contribution in [3.8, 4) is 11.8 Å². The third-order valence-electron chi connectivity index (χ3n) is 13.0. The molecule has 1 saturated carbocycles. The molecule has 2 saturated heterocycles. The molecule has 5 aliphatic rings. The molecule has 4 amide bonds. The monoisotopic (exact) mass is 742 g/mol. The average molecular weight is 743 g/mol. The van der Waals surface area contributed by atoms with E-state index in [1.165, 1.54) is 11.1 Å². The van der Waals surface area contributed by atoms with Crippen LogP contribution in [0, 0.1) is 22.2 Å². The van der Waals surface area contributed by atoms with E-state index in [2.05, 4.69) is 72.4 Å². The Hall–Kier alpha value is -5.21. The molecule has 286 valence electrons. The number of nitrogens with zero attached hydrogens (tertiary/aromatic N) is 4. The third kappa shape index (κ3) is 6.44. The number of benzene rings is 3. The van der Waals surface area contributed by atoms with Crippen molar-refractivity contribution in [1.82, 2.24) is 20.4 Å². The average Bonchev–Trinajstić information content (AvgIpc) is 3.74. The van der Waals surface area contributed by atoms with Crippen LogP contribution in [0.4, 0.5) is 5.69 Å². The van der Waals surface area contributed by atoms with E-state index >= 15 is 0 Å². The largest absolute Gasteiger partial charge is 0.489 e. The number of rotatable bonds is 8. The van der Waals surface area contributed by atoms with Gasteiger partial charge in [-0.25, -0.2) is 0 Å². The fourth-order valence-corrected chi connectivity index (χ4v) is 10.3. The first-order valence-electron chi connectivity index (χ1n) is 19.7. The van der Waals surface area contributed by atoms with Crippen LogP contribution in [-0.2, 0) is 35.6 Å².